The van der Waals surface area contributed by atoms with E-state index in [0.717, 1.165) is 21.5 Å². The molecular formula is C16H19ClN2S. The second-order valence-corrected chi connectivity index (χ2v) is 7.04. The van der Waals surface area contributed by atoms with Crippen LogP contribution in [0.2, 0.25) is 5.02 Å². The SMILES string of the molecule is CC(C)(C)NCc1cccc(Cl)c1Sc1ccccn1. The molecule has 0 radical (unpaired) electrons. The van der Waals surface area contributed by atoms with E-state index in [1.54, 1.807) is 18.0 Å². The molecule has 0 unspecified atom stereocenters. The Labute approximate surface area is 130 Å². The van der Waals surface area contributed by atoms with Crippen LogP contribution >= 0.6 is 23.4 Å². The number of pyridine rings is 1. The highest BCUT2D eigenvalue weighted by atomic mass is 35.5. The summed E-state index contributed by atoms with van der Waals surface area (Å²) in [6.07, 6.45) is 1.80. The molecule has 4 heteroatoms. The molecule has 0 aliphatic heterocycles. The number of nitrogens with zero attached hydrogens (tertiary/aromatic N) is 1. The van der Waals surface area contributed by atoms with Crippen LogP contribution in [0.3, 0.4) is 0 Å². The van der Waals surface area contributed by atoms with E-state index in [1.807, 2.05) is 30.3 Å². The number of hydrogen-bond donors (Lipinski definition) is 1. The summed E-state index contributed by atoms with van der Waals surface area (Å²) in [6.45, 7) is 7.26. The number of hydrogen-bond acceptors (Lipinski definition) is 3. The van der Waals surface area contributed by atoms with Crippen LogP contribution in [0.5, 0.6) is 0 Å². The first kappa shape index (κ1) is 15.4. The van der Waals surface area contributed by atoms with E-state index in [9.17, 15) is 0 Å². The summed E-state index contributed by atoms with van der Waals surface area (Å²) in [6, 6.07) is 11.9. The Balaban J connectivity index is 2.22. The van der Waals surface area contributed by atoms with Gasteiger partial charge in [0, 0.05) is 23.2 Å². The van der Waals surface area contributed by atoms with Gasteiger partial charge in [-0.3, -0.25) is 0 Å². The Morgan fingerprint density at radius 2 is 1.95 bits per heavy atom. The number of aromatic nitrogens is 1. The summed E-state index contributed by atoms with van der Waals surface area (Å²) in [5, 5.41) is 5.23. The lowest BCUT2D eigenvalue weighted by molar-refractivity contribution is 0.422. The molecule has 2 nitrogen and oxygen atoms in total. The molecule has 106 valence electrons. The summed E-state index contributed by atoms with van der Waals surface area (Å²) in [5.74, 6) is 0. The molecule has 0 saturated carbocycles. The van der Waals surface area contributed by atoms with Crippen molar-refractivity contribution in [1.82, 2.24) is 10.3 Å². The Bertz CT molecular complexity index is 564. The third-order valence-corrected chi connectivity index (χ3v) is 4.27. The lowest BCUT2D eigenvalue weighted by Crippen LogP contribution is -2.35. The molecule has 2 aromatic rings. The van der Waals surface area contributed by atoms with Crippen molar-refractivity contribution in [3.05, 3.63) is 53.2 Å². The van der Waals surface area contributed by atoms with Gasteiger partial charge in [0.15, 0.2) is 0 Å². The minimum atomic E-state index is 0.0786. The molecule has 1 aromatic heterocycles. The van der Waals surface area contributed by atoms with Crippen molar-refractivity contribution >= 4 is 23.4 Å². The van der Waals surface area contributed by atoms with Gasteiger partial charge in [0.25, 0.3) is 0 Å². The third-order valence-electron chi connectivity index (χ3n) is 2.70. The monoisotopic (exact) mass is 306 g/mol. The van der Waals surface area contributed by atoms with Crippen LogP contribution in [-0.4, -0.2) is 10.5 Å². The largest absolute Gasteiger partial charge is 0.308 e. The zero-order valence-electron chi connectivity index (χ0n) is 12.0. The number of nitrogens with one attached hydrogen (secondary N) is 1. The van der Waals surface area contributed by atoms with Crippen LogP contribution in [0.25, 0.3) is 0 Å². The average Bonchev–Trinajstić information content (AvgIpc) is 2.40. The van der Waals surface area contributed by atoms with Gasteiger partial charge in [0.05, 0.1) is 5.02 Å². The first-order chi connectivity index (χ1) is 9.46. The van der Waals surface area contributed by atoms with Gasteiger partial charge < -0.3 is 5.32 Å². The highest BCUT2D eigenvalue weighted by molar-refractivity contribution is 7.99. The predicted octanol–water partition coefficient (Wildman–Crippen LogP) is 4.77. The Morgan fingerprint density at radius 1 is 1.15 bits per heavy atom. The second-order valence-electron chi connectivity index (χ2n) is 5.60. The maximum Gasteiger partial charge on any atom is 0.101 e. The molecule has 0 bridgehead atoms. The summed E-state index contributed by atoms with van der Waals surface area (Å²) in [4.78, 5) is 5.42. The summed E-state index contributed by atoms with van der Waals surface area (Å²) >= 11 is 7.96. The molecule has 1 N–H and O–H groups in total. The zero-order chi connectivity index (χ0) is 14.6. The standard InChI is InChI=1S/C16H19ClN2S/c1-16(2,3)19-11-12-7-6-8-13(17)15(12)20-14-9-4-5-10-18-14/h4-10,19H,11H2,1-3H3. The van der Waals surface area contributed by atoms with Crippen molar-refractivity contribution in [3.8, 4) is 0 Å². The predicted molar refractivity (Wildman–Crippen MR) is 86.4 cm³/mol. The maximum absolute atomic E-state index is 6.35. The van der Waals surface area contributed by atoms with E-state index in [0.29, 0.717) is 0 Å². The van der Waals surface area contributed by atoms with E-state index in [1.165, 1.54) is 5.56 Å². The minimum absolute atomic E-state index is 0.0786. The molecule has 0 fully saturated rings. The zero-order valence-corrected chi connectivity index (χ0v) is 13.6. The highest BCUT2D eigenvalue weighted by Gasteiger charge is 2.13. The topological polar surface area (TPSA) is 24.9 Å². The van der Waals surface area contributed by atoms with Gasteiger partial charge in [0.1, 0.15) is 5.03 Å². The molecule has 0 atom stereocenters. The molecular weight excluding hydrogens is 288 g/mol. The van der Waals surface area contributed by atoms with Crippen LogP contribution in [0, 0.1) is 0 Å². The molecule has 2 rings (SSSR count). The molecule has 20 heavy (non-hydrogen) atoms. The average molecular weight is 307 g/mol. The maximum atomic E-state index is 6.35. The van der Waals surface area contributed by atoms with Gasteiger partial charge in [-0.25, -0.2) is 4.98 Å². The van der Waals surface area contributed by atoms with Crippen molar-refractivity contribution in [1.29, 1.82) is 0 Å². The molecule has 0 aliphatic rings. The number of benzene rings is 1. The second kappa shape index (κ2) is 6.61. The number of rotatable bonds is 4. The van der Waals surface area contributed by atoms with E-state index in [4.69, 9.17) is 11.6 Å². The highest BCUT2D eigenvalue weighted by Crippen LogP contribution is 2.35. The molecule has 1 heterocycles. The Morgan fingerprint density at radius 3 is 2.60 bits per heavy atom. The van der Waals surface area contributed by atoms with E-state index >= 15 is 0 Å². The molecule has 0 saturated heterocycles. The van der Waals surface area contributed by atoms with E-state index < -0.39 is 0 Å². The lowest BCUT2D eigenvalue weighted by Gasteiger charge is -2.21. The first-order valence-electron chi connectivity index (χ1n) is 6.57. The summed E-state index contributed by atoms with van der Waals surface area (Å²) < 4.78 is 0. The van der Waals surface area contributed by atoms with Crippen LogP contribution in [-0.2, 0) is 6.54 Å². The third kappa shape index (κ3) is 4.51. The van der Waals surface area contributed by atoms with Crippen molar-refractivity contribution in [2.24, 2.45) is 0 Å². The normalized spacial score (nSPS) is 11.6. The van der Waals surface area contributed by atoms with Gasteiger partial charge in [-0.15, -0.1) is 0 Å². The van der Waals surface area contributed by atoms with E-state index in [2.05, 4.69) is 37.1 Å². The fourth-order valence-corrected chi connectivity index (χ4v) is 2.90. The van der Waals surface area contributed by atoms with Crippen LogP contribution in [0.1, 0.15) is 26.3 Å². The van der Waals surface area contributed by atoms with Gasteiger partial charge in [0.2, 0.25) is 0 Å². The minimum Gasteiger partial charge on any atom is -0.308 e. The van der Waals surface area contributed by atoms with Crippen molar-refractivity contribution in [2.45, 2.75) is 42.8 Å². The molecule has 0 spiro atoms. The van der Waals surface area contributed by atoms with Crippen molar-refractivity contribution in [2.75, 3.05) is 0 Å². The quantitative estimate of drug-likeness (QED) is 0.880. The van der Waals surface area contributed by atoms with Gasteiger partial charge in [-0.1, -0.05) is 41.6 Å². The van der Waals surface area contributed by atoms with Crippen LogP contribution < -0.4 is 5.32 Å². The fourth-order valence-electron chi connectivity index (χ4n) is 1.68. The first-order valence-corrected chi connectivity index (χ1v) is 7.76. The molecule has 0 aliphatic carbocycles. The van der Waals surface area contributed by atoms with Crippen molar-refractivity contribution < 1.29 is 0 Å². The van der Waals surface area contributed by atoms with Gasteiger partial charge >= 0.3 is 0 Å². The van der Waals surface area contributed by atoms with Gasteiger partial charge in [-0.2, -0.15) is 0 Å². The Hall–Kier alpha value is -1.03. The fraction of sp³-hybridized carbons (Fsp3) is 0.312. The van der Waals surface area contributed by atoms with Crippen molar-refractivity contribution in [3.63, 3.8) is 0 Å². The lowest BCUT2D eigenvalue weighted by atomic mass is 10.1. The smallest absolute Gasteiger partial charge is 0.101 e. The number of halogens is 1. The Kier molecular flexibility index (Phi) is 5.08. The van der Waals surface area contributed by atoms with Gasteiger partial charge in [-0.05, 0) is 44.5 Å². The van der Waals surface area contributed by atoms with E-state index in [-0.39, 0.29) is 5.54 Å². The summed E-state index contributed by atoms with van der Waals surface area (Å²) in [5.41, 5.74) is 1.28. The molecule has 0 amide bonds. The van der Waals surface area contributed by atoms with Crippen LogP contribution in [0.15, 0.2) is 52.5 Å². The summed E-state index contributed by atoms with van der Waals surface area (Å²) in [7, 11) is 0. The van der Waals surface area contributed by atoms with Crippen LogP contribution in [0.4, 0.5) is 0 Å². The molecule has 1 aromatic carbocycles.